The number of hydrogen-bond acceptors (Lipinski definition) is 4. The van der Waals surface area contributed by atoms with Crippen molar-refractivity contribution < 1.29 is 14.3 Å². The van der Waals surface area contributed by atoms with Crippen molar-refractivity contribution in [3.63, 3.8) is 0 Å². The van der Waals surface area contributed by atoms with Crippen LogP contribution in [0.3, 0.4) is 0 Å². The molecule has 1 aromatic heterocycles. The average Bonchev–Trinajstić information content (AvgIpc) is 2.79. The summed E-state index contributed by atoms with van der Waals surface area (Å²) < 4.78 is 12.6. The Morgan fingerprint density at radius 1 is 1.33 bits per heavy atom. The van der Waals surface area contributed by atoms with Crippen LogP contribution < -0.4 is 4.74 Å². The number of carbonyl (C=O) groups excluding carboxylic acids is 1. The van der Waals surface area contributed by atoms with Crippen molar-refractivity contribution in [1.29, 1.82) is 0 Å². The average molecular weight is 306 g/mol. The summed E-state index contributed by atoms with van der Waals surface area (Å²) in [5.41, 5.74) is 1.29. The van der Waals surface area contributed by atoms with E-state index in [4.69, 9.17) is 9.47 Å². The van der Waals surface area contributed by atoms with Crippen LogP contribution in [0.25, 0.3) is 10.9 Å². The summed E-state index contributed by atoms with van der Waals surface area (Å²) in [4.78, 5) is 11.1. The zero-order chi connectivity index (χ0) is 15.5. The normalized spacial score (nSPS) is 11.8. The van der Waals surface area contributed by atoms with E-state index in [-0.39, 0.29) is 0 Å². The molecule has 1 heterocycles. The highest BCUT2D eigenvalue weighted by atomic mass is 28.3. The lowest BCUT2D eigenvalue weighted by Gasteiger charge is -2.15. The van der Waals surface area contributed by atoms with Crippen LogP contribution in [0.5, 0.6) is 5.75 Å². The summed E-state index contributed by atoms with van der Waals surface area (Å²) in [5.74, 6) is 0.713. The van der Waals surface area contributed by atoms with Crippen molar-refractivity contribution >= 4 is 25.3 Å². The molecule has 1 aromatic carbocycles. The van der Waals surface area contributed by atoms with Crippen LogP contribution in [-0.4, -0.2) is 37.9 Å². The van der Waals surface area contributed by atoms with Crippen molar-refractivity contribution in [2.24, 2.45) is 0 Å². The minimum atomic E-state index is -1.09. The molecule has 0 radical (unpaired) electrons. The summed E-state index contributed by atoms with van der Waals surface area (Å²) in [5, 5.41) is 5.09. The van der Waals surface area contributed by atoms with Crippen LogP contribution in [0.1, 0.15) is 10.5 Å². The molecular weight excluding hydrogens is 284 g/mol. The van der Waals surface area contributed by atoms with Gasteiger partial charge >= 0.3 is 0 Å². The fourth-order valence-electron chi connectivity index (χ4n) is 2.02. The second-order valence-corrected chi connectivity index (χ2v) is 11.9. The van der Waals surface area contributed by atoms with Crippen molar-refractivity contribution in [3.8, 4) is 5.75 Å². The molecule has 21 heavy (non-hydrogen) atoms. The van der Waals surface area contributed by atoms with Crippen LogP contribution in [0.4, 0.5) is 0 Å². The standard InChI is InChI=1S/C15H22N2O3Si/c1-19-12-5-6-15-13(9-12)14(10-18)16-17(15)11-20-7-8-21(2,3)4/h5-6,9-10H,7-8,11H2,1-4H3. The Morgan fingerprint density at radius 3 is 2.71 bits per heavy atom. The number of aromatic nitrogens is 2. The fraction of sp³-hybridized carbons (Fsp3) is 0.467. The third-order valence-corrected chi connectivity index (χ3v) is 5.01. The van der Waals surface area contributed by atoms with Gasteiger partial charge in [-0.3, -0.25) is 4.79 Å². The Kier molecular flexibility index (Phi) is 4.79. The van der Waals surface area contributed by atoms with E-state index in [1.807, 2.05) is 18.2 Å². The minimum absolute atomic E-state index is 0.362. The van der Waals surface area contributed by atoms with E-state index in [9.17, 15) is 4.79 Å². The first kappa shape index (κ1) is 15.7. The number of fused-ring (bicyclic) bond motifs is 1. The van der Waals surface area contributed by atoms with Gasteiger partial charge in [0.15, 0.2) is 6.29 Å². The topological polar surface area (TPSA) is 53.3 Å². The minimum Gasteiger partial charge on any atom is -0.497 e. The molecule has 0 saturated carbocycles. The molecule has 5 nitrogen and oxygen atoms in total. The monoisotopic (exact) mass is 306 g/mol. The molecule has 2 rings (SSSR count). The molecule has 6 heteroatoms. The molecule has 0 atom stereocenters. The molecule has 2 aromatic rings. The summed E-state index contributed by atoms with van der Waals surface area (Å²) in [6.45, 7) is 8.04. The van der Waals surface area contributed by atoms with Gasteiger partial charge in [0.2, 0.25) is 0 Å². The fourth-order valence-corrected chi connectivity index (χ4v) is 2.78. The third-order valence-electron chi connectivity index (χ3n) is 3.31. The molecule has 0 bridgehead atoms. The van der Waals surface area contributed by atoms with Gasteiger partial charge in [-0.15, -0.1) is 0 Å². The summed E-state index contributed by atoms with van der Waals surface area (Å²) in [6, 6.07) is 6.69. The van der Waals surface area contributed by atoms with E-state index < -0.39 is 8.07 Å². The highest BCUT2D eigenvalue weighted by Crippen LogP contribution is 2.23. The van der Waals surface area contributed by atoms with E-state index in [0.717, 1.165) is 29.8 Å². The largest absolute Gasteiger partial charge is 0.497 e. The van der Waals surface area contributed by atoms with Gasteiger partial charge in [0.05, 0.1) is 12.6 Å². The zero-order valence-corrected chi connectivity index (χ0v) is 14.0. The van der Waals surface area contributed by atoms with E-state index in [2.05, 4.69) is 24.7 Å². The van der Waals surface area contributed by atoms with Crippen molar-refractivity contribution in [1.82, 2.24) is 9.78 Å². The van der Waals surface area contributed by atoms with Crippen LogP contribution in [-0.2, 0) is 11.5 Å². The lowest BCUT2D eigenvalue weighted by molar-refractivity contribution is 0.0812. The molecular formula is C15H22N2O3Si. The first-order valence-corrected chi connectivity index (χ1v) is 10.7. The van der Waals surface area contributed by atoms with Gasteiger partial charge in [-0.25, -0.2) is 4.68 Å². The van der Waals surface area contributed by atoms with Crippen LogP contribution >= 0.6 is 0 Å². The first-order valence-electron chi connectivity index (χ1n) is 7.02. The van der Waals surface area contributed by atoms with Crippen LogP contribution in [0.2, 0.25) is 25.7 Å². The molecule has 0 unspecified atom stereocenters. The Balaban J connectivity index is 2.15. The molecule has 0 N–H and O–H groups in total. The lowest BCUT2D eigenvalue weighted by Crippen LogP contribution is -2.22. The number of benzene rings is 1. The SMILES string of the molecule is COc1ccc2c(c1)c(C=O)nn2COCC[Si](C)(C)C. The predicted molar refractivity (Wildman–Crippen MR) is 85.8 cm³/mol. The second-order valence-electron chi connectivity index (χ2n) is 6.23. The number of hydrogen-bond donors (Lipinski definition) is 0. The maximum atomic E-state index is 11.1. The molecule has 0 saturated heterocycles. The maximum absolute atomic E-state index is 11.1. The summed E-state index contributed by atoms with van der Waals surface area (Å²) in [7, 11) is 0.512. The molecule has 114 valence electrons. The number of aldehydes is 1. The Bertz CT molecular complexity index is 632. The Morgan fingerprint density at radius 2 is 2.10 bits per heavy atom. The van der Waals surface area contributed by atoms with Gasteiger partial charge < -0.3 is 9.47 Å². The Hall–Kier alpha value is -1.66. The van der Waals surface area contributed by atoms with Crippen LogP contribution in [0, 0.1) is 0 Å². The quantitative estimate of drug-likeness (QED) is 0.448. The van der Waals surface area contributed by atoms with E-state index in [1.165, 1.54) is 0 Å². The number of ether oxygens (including phenoxy) is 2. The van der Waals surface area contributed by atoms with E-state index >= 15 is 0 Å². The number of nitrogens with zero attached hydrogens (tertiary/aromatic N) is 2. The highest BCUT2D eigenvalue weighted by molar-refractivity contribution is 6.76. The molecule has 0 aliphatic heterocycles. The number of carbonyl (C=O) groups is 1. The van der Waals surface area contributed by atoms with Gasteiger partial charge in [-0.2, -0.15) is 5.10 Å². The van der Waals surface area contributed by atoms with Crippen molar-refractivity contribution in [3.05, 3.63) is 23.9 Å². The van der Waals surface area contributed by atoms with Gasteiger partial charge in [-0.1, -0.05) is 19.6 Å². The Labute approximate surface area is 125 Å². The lowest BCUT2D eigenvalue weighted by atomic mass is 10.2. The molecule has 0 aliphatic carbocycles. The zero-order valence-electron chi connectivity index (χ0n) is 13.0. The molecule has 0 amide bonds. The number of methoxy groups -OCH3 is 1. The third kappa shape index (κ3) is 3.92. The van der Waals surface area contributed by atoms with Gasteiger partial charge in [0.1, 0.15) is 18.2 Å². The smallest absolute Gasteiger partial charge is 0.170 e. The summed E-state index contributed by atoms with van der Waals surface area (Å²) in [6.07, 6.45) is 0.764. The van der Waals surface area contributed by atoms with Crippen LogP contribution in [0.15, 0.2) is 18.2 Å². The second kappa shape index (κ2) is 6.40. The van der Waals surface area contributed by atoms with Gasteiger partial charge in [0, 0.05) is 20.1 Å². The molecule has 0 spiro atoms. The maximum Gasteiger partial charge on any atom is 0.170 e. The molecule has 0 aliphatic rings. The van der Waals surface area contributed by atoms with Gasteiger partial charge in [0.25, 0.3) is 0 Å². The van der Waals surface area contributed by atoms with E-state index in [0.29, 0.717) is 18.2 Å². The first-order chi connectivity index (χ1) is 9.94. The number of rotatable bonds is 7. The van der Waals surface area contributed by atoms with Gasteiger partial charge in [-0.05, 0) is 24.2 Å². The van der Waals surface area contributed by atoms with E-state index in [1.54, 1.807) is 11.8 Å². The van der Waals surface area contributed by atoms with Crippen molar-refractivity contribution in [2.75, 3.05) is 13.7 Å². The van der Waals surface area contributed by atoms with Crippen molar-refractivity contribution in [2.45, 2.75) is 32.4 Å². The molecule has 0 fully saturated rings. The summed E-state index contributed by atoms with van der Waals surface area (Å²) >= 11 is 0. The highest BCUT2D eigenvalue weighted by Gasteiger charge is 2.13. The predicted octanol–water partition coefficient (Wildman–Crippen LogP) is 3.17.